The van der Waals surface area contributed by atoms with Crippen LogP contribution in [-0.4, -0.2) is 29.1 Å². The van der Waals surface area contributed by atoms with Crippen molar-refractivity contribution in [2.24, 2.45) is 0 Å². The predicted octanol–water partition coefficient (Wildman–Crippen LogP) is 0.593. The summed E-state index contributed by atoms with van der Waals surface area (Å²) in [6.07, 6.45) is 0. The summed E-state index contributed by atoms with van der Waals surface area (Å²) < 4.78 is 24.9. The second-order valence-corrected chi connectivity index (χ2v) is 5.89. The number of anilines is 1. The molecule has 0 saturated heterocycles. The van der Waals surface area contributed by atoms with Crippen LogP contribution in [0.25, 0.3) is 11.0 Å². The summed E-state index contributed by atoms with van der Waals surface area (Å²) in [6.45, 7) is 1.42. The number of non-ortho nitro benzene ring substituents is 1. The average molecular weight is 298 g/mol. The molecule has 0 spiro atoms. The van der Waals surface area contributed by atoms with E-state index in [1.54, 1.807) is 0 Å². The summed E-state index contributed by atoms with van der Waals surface area (Å²) in [5.74, 6) is -0.569. The van der Waals surface area contributed by atoms with Gasteiger partial charge in [-0.15, -0.1) is 0 Å². The van der Waals surface area contributed by atoms with Crippen molar-refractivity contribution in [3.05, 3.63) is 38.7 Å². The number of hydrogen-bond donors (Lipinski definition) is 2. The summed E-state index contributed by atoms with van der Waals surface area (Å²) in [5.41, 5.74) is -0.570. The number of hydrogen-bond acceptors (Lipinski definition) is 6. The number of aromatic nitrogens is 2. The molecule has 0 amide bonds. The minimum absolute atomic E-state index is 0.156. The fraction of sp³-hybridized carbons (Fsp3) is 0.200. The van der Waals surface area contributed by atoms with Crippen molar-refractivity contribution < 1.29 is 13.3 Å². The molecule has 0 aliphatic carbocycles. The maximum atomic E-state index is 11.7. The van der Waals surface area contributed by atoms with Crippen LogP contribution in [0.1, 0.15) is 6.92 Å². The molecule has 106 valence electrons. The molecule has 20 heavy (non-hydrogen) atoms. The van der Waals surface area contributed by atoms with E-state index >= 15 is 0 Å². The second kappa shape index (κ2) is 4.89. The van der Waals surface area contributed by atoms with Gasteiger partial charge in [0.05, 0.1) is 21.7 Å². The molecule has 0 aliphatic rings. The zero-order valence-corrected chi connectivity index (χ0v) is 11.1. The standard InChI is InChI=1S/C10H10N4O5S/c1-2-20(18,19)13-9-10(15)12-8-5-6(14(16)17)3-4-7(8)11-9/h3-5H,2H2,1H3,(H,11,13)(H,12,15). The van der Waals surface area contributed by atoms with Crippen LogP contribution in [0.4, 0.5) is 11.5 Å². The molecule has 1 aromatic heterocycles. The van der Waals surface area contributed by atoms with Gasteiger partial charge in [-0.05, 0) is 13.0 Å². The largest absolute Gasteiger partial charge is 0.317 e. The smallest absolute Gasteiger partial charge is 0.292 e. The third-order valence-corrected chi connectivity index (χ3v) is 3.78. The summed E-state index contributed by atoms with van der Waals surface area (Å²) in [4.78, 5) is 27.9. The Morgan fingerprint density at radius 2 is 2.15 bits per heavy atom. The first-order valence-electron chi connectivity index (χ1n) is 5.51. The van der Waals surface area contributed by atoms with Crippen molar-refractivity contribution in [3.8, 4) is 0 Å². The Hall–Kier alpha value is -2.49. The molecular weight excluding hydrogens is 288 g/mol. The zero-order chi connectivity index (χ0) is 14.9. The monoisotopic (exact) mass is 298 g/mol. The Labute approximate surface area is 112 Å². The van der Waals surface area contributed by atoms with Crippen molar-refractivity contribution in [3.63, 3.8) is 0 Å². The number of fused-ring (bicyclic) bond motifs is 1. The van der Waals surface area contributed by atoms with Gasteiger partial charge in [0, 0.05) is 12.1 Å². The summed E-state index contributed by atoms with van der Waals surface area (Å²) >= 11 is 0. The summed E-state index contributed by atoms with van der Waals surface area (Å²) in [6, 6.07) is 3.70. The highest BCUT2D eigenvalue weighted by atomic mass is 32.2. The van der Waals surface area contributed by atoms with Crippen molar-refractivity contribution in [2.45, 2.75) is 6.92 Å². The number of nitrogens with one attached hydrogen (secondary N) is 2. The van der Waals surface area contributed by atoms with Crippen LogP contribution >= 0.6 is 0 Å². The van der Waals surface area contributed by atoms with Crippen molar-refractivity contribution in [2.75, 3.05) is 10.5 Å². The minimum Gasteiger partial charge on any atom is -0.317 e. The lowest BCUT2D eigenvalue weighted by Gasteiger charge is -2.05. The Kier molecular flexibility index (Phi) is 3.40. The third-order valence-electron chi connectivity index (χ3n) is 2.52. The number of H-pyrrole nitrogens is 1. The van der Waals surface area contributed by atoms with Gasteiger partial charge in [0.15, 0.2) is 0 Å². The van der Waals surface area contributed by atoms with E-state index in [1.807, 2.05) is 4.72 Å². The van der Waals surface area contributed by atoms with Crippen molar-refractivity contribution in [1.29, 1.82) is 0 Å². The molecule has 2 aromatic rings. The molecule has 9 nitrogen and oxygen atoms in total. The van der Waals surface area contributed by atoms with E-state index in [0.29, 0.717) is 0 Å². The molecule has 2 rings (SSSR count). The number of benzene rings is 1. The molecule has 0 unspecified atom stereocenters. The first-order chi connectivity index (χ1) is 9.32. The number of sulfonamides is 1. The third kappa shape index (κ3) is 2.74. The zero-order valence-electron chi connectivity index (χ0n) is 10.3. The van der Waals surface area contributed by atoms with Gasteiger partial charge in [-0.3, -0.25) is 19.6 Å². The van der Waals surface area contributed by atoms with Gasteiger partial charge in [-0.2, -0.15) is 0 Å². The fourth-order valence-corrected chi connectivity index (χ4v) is 2.05. The first-order valence-corrected chi connectivity index (χ1v) is 7.16. The van der Waals surface area contributed by atoms with Crippen LogP contribution in [-0.2, 0) is 10.0 Å². The first kappa shape index (κ1) is 13.9. The van der Waals surface area contributed by atoms with Crippen LogP contribution in [0.2, 0.25) is 0 Å². The molecule has 0 bridgehead atoms. The van der Waals surface area contributed by atoms with Gasteiger partial charge in [0.25, 0.3) is 11.2 Å². The van der Waals surface area contributed by atoms with E-state index in [9.17, 15) is 23.3 Å². The molecule has 0 fully saturated rings. The fourth-order valence-electron chi connectivity index (χ4n) is 1.48. The van der Waals surface area contributed by atoms with Gasteiger partial charge in [0.2, 0.25) is 15.8 Å². The highest BCUT2D eigenvalue weighted by Crippen LogP contribution is 2.17. The topological polar surface area (TPSA) is 135 Å². The maximum absolute atomic E-state index is 11.7. The lowest BCUT2D eigenvalue weighted by atomic mass is 10.2. The number of aromatic amines is 1. The quantitative estimate of drug-likeness (QED) is 0.626. The Morgan fingerprint density at radius 1 is 1.45 bits per heavy atom. The van der Waals surface area contributed by atoms with Crippen LogP contribution in [0, 0.1) is 10.1 Å². The number of nitrogens with zero attached hydrogens (tertiary/aromatic N) is 2. The molecule has 0 radical (unpaired) electrons. The van der Waals surface area contributed by atoms with E-state index in [4.69, 9.17) is 0 Å². The van der Waals surface area contributed by atoms with Crippen LogP contribution in [0.15, 0.2) is 23.0 Å². The lowest BCUT2D eigenvalue weighted by molar-refractivity contribution is -0.384. The molecule has 2 N–H and O–H groups in total. The Balaban J connectivity index is 2.56. The number of nitro groups is 1. The Bertz CT molecular complexity index is 842. The molecule has 10 heteroatoms. The van der Waals surface area contributed by atoms with E-state index < -0.39 is 20.5 Å². The van der Waals surface area contributed by atoms with Crippen LogP contribution in [0.3, 0.4) is 0 Å². The SMILES string of the molecule is CCS(=O)(=O)Nc1nc2ccc([N+](=O)[O-])cc2[nH]c1=O. The highest BCUT2D eigenvalue weighted by Gasteiger charge is 2.14. The molecular formula is C10H10N4O5S. The average Bonchev–Trinajstić information content (AvgIpc) is 2.38. The molecule has 1 aromatic carbocycles. The molecule has 0 aliphatic heterocycles. The van der Waals surface area contributed by atoms with E-state index in [1.165, 1.54) is 19.1 Å². The summed E-state index contributed by atoms with van der Waals surface area (Å²) in [5, 5.41) is 10.6. The van der Waals surface area contributed by atoms with Gasteiger partial charge in [-0.25, -0.2) is 13.4 Å². The van der Waals surface area contributed by atoms with Crippen molar-refractivity contribution >= 4 is 32.6 Å². The predicted molar refractivity (Wildman–Crippen MR) is 72.1 cm³/mol. The molecule has 1 heterocycles. The molecule has 0 saturated carbocycles. The highest BCUT2D eigenvalue weighted by molar-refractivity contribution is 7.92. The maximum Gasteiger partial charge on any atom is 0.292 e. The second-order valence-electron chi connectivity index (χ2n) is 3.88. The van der Waals surface area contributed by atoms with Crippen molar-refractivity contribution in [1.82, 2.24) is 9.97 Å². The van der Waals surface area contributed by atoms with Gasteiger partial charge < -0.3 is 4.98 Å². The van der Waals surface area contributed by atoms with Crippen LogP contribution < -0.4 is 10.3 Å². The van der Waals surface area contributed by atoms with Gasteiger partial charge in [0.1, 0.15) is 0 Å². The van der Waals surface area contributed by atoms with E-state index in [-0.39, 0.29) is 28.3 Å². The normalized spacial score (nSPS) is 11.4. The van der Waals surface area contributed by atoms with Gasteiger partial charge >= 0.3 is 0 Å². The number of nitro benzene ring substituents is 1. The lowest BCUT2D eigenvalue weighted by Crippen LogP contribution is -2.22. The summed E-state index contributed by atoms with van der Waals surface area (Å²) in [7, 11) is -3.63. The molecule has 0 atom stereocenters. The minimum atomic E-state index is -3.63. The Morgan fingerprint density at radius 3 is 2.75 bits per heavy atom. The van der Waals surface area contributed by atoms with Crippen LogP contribution in [0.5, 0.6) is 0 Å². The van der Waals surface area contributed by atoms with Gasteiger partial charge in [-0.1, -0.05) is 0 Å². The van der Waals surface area contributed by atoms with E-state index in [0.717, 1.165) is 6.07 Å². The van der Waals surface area contributed by atoms with E-state index in [2.05, 4.69) is 9.97 Å². The number of rotatable bonds is 4.